The largest absolute Gasteiger partial charge is 0.361 e. The minimum atomic E-state index is -0.463. The second kappa shape index (κ2) is 8.45. The van der Waals surface area contributed by atoms with E-state index in [9.17, 15) is 14.0 Å². The number of amides is 1. The Morgan fingerprint density at radius 3 is 2.66 bits per heavy atom. The highest BCUT2D eigenvalue weighted by molar-refractivity contribution is 5.88. The fourth-order valence-electron chi connectivity index (χ4n) is 4.55. The van der Waals surface area contributed by atoms with E-state index < -0.39 is 11.5 Å². The number of hydrogen-bond donors (Lipinski definition) is 2. The molecule has 1 aliphatic heterocycles. The number of aromatic amines is 2. The Hall–Kier alpha value is -3.68. The van der Waals surface area contributed by atoms with Crippen LogP contribution >= 0.6 is 0 Å². The van der Waals surface area contributed by atoms with Crippen molar-refractivity contribution in [1.82, 2.24) is 24.6 Å². The average Bonchev–Trinajstić information content (AvgIpc) is 3.38. The maximum atomic E-state index is 14.2. The molecule has 0 bridgehead atoms. The Morgan fingerprint density at radius 2 is 1.84 bits per heavy atom. The number of aromatic nitrogens is 4. The van der Waals surface area contributed by atoms with Crippen LogP contribution in [-0.4, -0.2) is 43.6 Å². The lowest BCUT2D eigenvalue weighted by Gasteiger charge is -2.32. The summed E-state index contributed by atoms with van der Waals surface area (Å²) < 4.78 is 15.5. The second-order valence-electron chi connectivity index (χ2n) is 8.30. The number of likely N-dealkylation sites (tertiary alicyclic amines) is 1. The fraction of sp³-hybridized carbons (Fsp3) is 0.292. The number of halogens is 1. The molecule has 1 amide bonds. The predicted octanol–water partition coefficient (Wildman–Crippen LogP) is 3.20. The summed E-state index contributed by atoms with van der Waals surface area (Å²) in [5.41, 5.74) is 1.80. The number of nitrogens with zero attached hydrogens (tertiary/aromatic N) is 3. The van der Waals surface area contributed by atoms with Gasteiger partial charge in [0.15, 0.2) is 0 Å². The standard InChI is InChI=1S/C24H24FN5O2/c25-19-6-2-4-8-21(19)30-22(27-28-24(30)32)13-16-9-11-29(12-10-16)23(31)14-17-15-26-20-7-3-1-5-18(17)20/h1-8,15-16,26H,9-14H2,(H,28,32). The molecule has 1 saturated heterocycles. The monoisotopic (exact) mass is 433 g/mol. The number of hydrogen-bond acceptors (Lipinski definition) is 3. The van der Waals surface area contributed by atoms with E-state index in [2.05, 4.69) is 15.2 Å². The lowest BCUT2D eigenvalue weighted by atomic mass is 9.93. The van der Waals surface area contributed by atoms with Crippen LogP contribution in [-0.2, 0) is 17.6 Å². The molecule has 8 heteroatoms. The highest BCUT2D eigenvalue weighted by Crippen LogP contribution is 2.24. The summed E-state index contributed by atoms with van der Waals surface area (Å²) in [5, 5.41) is 7.66. The van der Waals surface area contributed by atoms with Crippen LogP contribution in [0.1, 0.15) is 24.2 Å². The highest BCUT2D eigenvalue weighted by atomic mass is 19.1. The summed E-state index contributed by atoms with van der Waals surface area (Å²) in [6.07, 6.45) is 4.48. The van der Waals surface area contributed by atoms with E-state index in [0.717, 1.165) is 29.3 Å². The number of rotatable bonds is 5. The van der Waals surface area contributed by atoms with Crippen LogP contribution in [0.4, 0.5) is 4.39 Å². The molecule has 32 heavy (non-hydrogen) atoms. The minimum absolute atomic E-state index is 0.122. The van der Waals surface area contributed by atoms with Crippen molar-refractivity contribution in [1.29, 1.82) is 0 Å². The number of piperidine rings is 1. The minimum Gasteiger partial charge on any atom is -0.361 e. The van der Waals surface area contributed by atoms with Gasteiger partial charge in [0.05, 0.1) is 12.1 Å². The third-order valence-corrected chi connectivity index (χ3v) is 6.29. The van der Waals surface area contributed by atoms with Gasteiger partial charge in [-0.1, -0.05) is 30.3 Å². The number of fused-ring (bicyclic) bond motifs is 1. The third kappa shape index (κ3) is 3.84. The number of carbonyl (C=O) groups excluding carboxylic acids is 1. The zero-order chi connectivity index (χ0) is 22.1. The van der Waals surface area contributed by atoms with Gasteiger partial charge in [-0.15, -0.1) is 0 Å². The van der Waals surface area contributed by atoms with Gasteiger partial charge in [-0.3, -0.25) is 4.79 Å². The summed E-state index contributed by atoms with van der Waals surface area (Å²) in [6.45, 7) is 1.33. The van der Waals surface area contributed by atoms with E-state index in [0.29, 0.717) is 31.8 Å². The SMILES string of the molecule is O=C(Cc1c[nH]c2ccccc12)N1CCC(Cc2n[nH]c(=O)n2-c2ccccc2F)CC1. The van der Waals surface area contributed by atoms with Gasteiger partial charge in [0.2, 0.25) is 5.91 Å². The highest BCUT2D eigenvalue weighted by Gasteiger charge is 2.25. The number of carbonyl (C=O) groups is 1. The molecule has 4 aromatic rings. The van der Waals surface area contributed by atoms with Gasteiger partial charge in [0.25, 0.3) is 0 Å². The average molecular weight is 433 g/mol. The van der Waals surface area contributed by atoms with Gasteiger partial charge < -0.3 is 9.88 Å². The third-order valence-electron chi connectivity index (χ3n) is 6.29. The van der Waals surface area contributed by atoms with Crippen LogP contribution in [0.5, 0.6) is 0 Å². The van der Waals surface area contributed by atoms with E-state index in [1.54, 1.807) is 18.2 Å². The topological polar surface area (TPSA) is 86.8 Å². The van der Waals surface area contributed by atoms with Crippen LogP contribution in [0.25, 0.3) is 16.6 Å². The first-order valence-corrected chi connectivity index (χ1v) is 10.8. The normalized spacial score (nSPS) is 14.8. The van der Waals surface area contributed by atoms with Gasteiger partial charge in [-0.2, -0.15) is 5.10 Å². The van der Waals surface area contributed by atoms with Crippen LogP contribution in [0.2, 0.25) is 0 Å². The van der Waals surface area contributed by atoms with Gasteiger partial charge in [-0.05, 0) is 42.5 Å². The van der Waals surface area contributed by atoms with Crippen molar-refractivity contribution in [2.75, 3.05) is 13.1 Å². The first kappa shape index (κ1) is 20.2. The van der Waals surface area contributed by atoms with E-state index in [1.165, 1.54) is 10.6 Å². The molecule has 0 saturated carbocycles. The molecule has 0 aliphatic carbocycles. The van der Waals surface area contributed by atoms with Crippen molar-refractivity contribution in [3.05, 3.63) is 82.4 Å². The smallest absolute Gasteiger partial charge is 0.348 e. The zero-order valence-corrected chi connectivity index (χ0v) is 17.6. The molecule has 0 atom stereocenters. The van der Waals surface area contributed by atoms with Crippen molar-refractivity contribution < 1.29 is 9.18 Å². The van der Waals surface area contributed by atoms with E-state index in [-0.39, 0.29) is 17.5 Å². The van der Waals surface area contributed by atoms with Gasteiger partial charge in [0, 0.05) is 36.6 Å². The van der Waals surface area contributed by atoms with Crippen molar-refractivity contribution in [2.24, 2.45) is 5.92 Å². The van der Waals surface area contributed by atoms with E-state index in [4.69, 9.17) is 0 Å². The summed E-state index contributed by atoms with van der Waals surface area (Å²) >= 11 is 0. The van der Waals surface area contributed by atoms with Gasteiger partial charge >= 0.3 is 5.69 Å². The van der Waals surface area contributed by atoms with Crippen LogP contribution in [0, 0.1) is 11.7 Å². The number of H-pyrrole nitrogens is 2. The first-order valence-electron chi connectivity index (χ1n) is 10.8. The molecule has 2 aromatic carbocycles. The summed E-state index contributed by atoms with van der Waals surface area (Å²) in [5.74, 6) is 0.447. The fourth-order valence-corrected chi connectivity index (χ4v) is 4.55. The number of nitrogens with one attached hydrogen (secondary N) is 2. The molecule has 1 aliphatic rings. The quantitative estimate of drug-likeness (QED) is 0.507. The Balaban J connectivity index is 1.23. The lowest BCUT2D eigenvalue weighted by Crippen LogP contribution is -2.39. The molecule has 3 heterocycles. The Labute approximate surface area is 183 Å². The number of para-hydroxylation sites is 2. The molecule has 7 nitrogen and oxygen atoms in total. The van der Waals surface area contributed by atoms with Crippen molar-refractivity contribution in [3.8, 4) is 5.69 Å². The Morgan fingerprint density at radius 1 is 1.09 bits per heavy atom. The first-order chi connectivity index (χ1) is 15.6. The molecule has 5 rings (SSSR count). The Bertz CT molecular complexity index is 1310. The van der Waals surface area contributed by atoms with E-state index in [1.807, 2.05) is 35.4 Å². The molecule has 2 N–H and O–H groups in total. The summed E-state index contributed by atoms with van der Waals surface area (Å²) in [7, 11) is 0. The summed E-state index contributed by atoms with van der Waals surface area (Å²) in [4.78, 5) is 30.2. The van der Waals surface area contributed by atoms with Crippen LogP contribution in [0.3, 0.4) is 0 Å². The number of benzene rings is 2. The summed E-state index contributed by atoms with van der Waals surface area (Å²) in [6, 6.07) is 14.2. The molecule has 2 aromatic heterocycles. The molecule has 164 valence electrons. The molecular weight excluding hydrogens is 409 g/mol. The van der Waals surface area contributed by atoms with Crippen LogP contribution in [0.15, 0.2) is 59.5 Å². The molecule has 1 fully saturated rings. The molecule has 0 spiro atoms. The van der Waals surface area contributed by atoms with E-state index >= 15 is 0 Å². The lowest BCUT2D eigenvalue weighted by molar-refractivity contribution is -0.131. The zero-order valence-electron chi connectivity index (χ0n) is 17.6. The predicted molar refractivity (Wildman–Crippen MR) is 119 cm³/mol. The van der Waals surface area contributed by atoms with Gasteiger partial charge in [-0.25, -0.2) is 18.9 Å². The second-order valence-corrected chi connectivity index (χ2v) is 8.30. The maximum Gasteiger partial charge on any atom is 0.348 e. The molecule has 0 unspecified atom stereocenters. The van der Waals surface area contributed by atoms with Crippen LogP contribution < -0.4 is 5.69 Å². The Kier molecular flexibility index (Phi) is 5.34. The van der Waals surface area contributed by atoms with Gasteiger partial charge in [0.1, 0.15) is 11.6 Å². The maximum absolute atomic E-state index is 14.2. The van der Waals surface area contributed by atoms with Crippen molar-refractivity contribution >= 4 is 16.8 Å². The molecular formula is C24H24FN5O2. The van der Waals surface area contributed by atoms with Crippen molar-refractivity contribution in [2.45, 2.75) is 25.7 Å². The van der Waals surface area contributed by atoms with Crippen molar-refractivity contribution in [3.63, 3.8) is 0 Å². The molecule has 0 radical (unpaired) electrons.